The van der Waals surface area contributed by atoms with E-state index in [4.69, 9.17) is 0 Å². The molecule has 0 unspecified atom stereocenters. The Labute approximate surface area is 298 Å². The molecule has 0 bridgehead atoms. The minimum absolute atomic E-state index is 0.0858. The first-order valence-electron chi connectivity index (χ1n) is 17.8. The van der Waals surface area contributed by atoms with Crippen LogP contribution < -0.4 is 4.90 Å². The lowest BCUT2D eigenvalue weighted by atomic mass is 9.68. The standard InChI is InChI=1S/C49H36N2/c1-49(2)42-21-11-9-19-40(42)48-46-35(16-13-22-43(46)49)32-45-47(48)41-20-10-12-23-44(41)51(45)39-30-28-38(29-31-39)50(36-17-7-4-8-18-36)37-26-24-34(25-27-37)33-14-5-3-6-15-33/h3-32H,1-2H3. The van der Waals surface area contributed by atoms with E-state index in [1.165, 1.54) is 66.0 Å². The predicted octanol–water partition coefficient (Wildman–Crippen LogP) is 13.4. The SMILES string of the molecule is CC1(C)c2ccccc2-c2c3c1cccc3cc1c2c2ccccc2n1-c1ccc(N(c2ccccc2)c2ccc(-c3ccccc3)cc2)cc1. The predicted molar refractivity (Wildman–Crippen MR) is 216 cm³/mol. The first kappa shape index (κ1) is 29.5. The number of aromatic nitrogens is 1. The van der Waals surface area contributed by atoms with E-state index >= 15 is 0 Å². The molecule has 0 radical (unpaired) electrons. The molecule has 1 aromatic heterocycles. The van der Waals surface area contributed by atoms with Gasteiger partial charge in [-0.05, 0) is 99.3 Å². The molecule has 0 spiro atoms. The molecule has 0 saturated carbocycles. The van der Waals surface area contributed by atoms with Gasteiger partial charge in [0.05, 0.1) is 11.0 Å². The number of rotatable bonds is 5. The van der Waals surface area contributed by atoms with Crippen LogP contribution in [-0.4, -0.2) is 4.57 Å². The van der Waals surface area contributed by atoms with E-state index in [1.807, 2.05) is 0 Å². The summed E-state index contributed by atoms with van der Waals surface area (Å²) in [5.41, 5.74) is 14.8. The quantitative estimate of drug-likeness (QED) is 0.180. The second-order valence-electron chi connectivity index (χ2n) is 14.2. The fourth-order valence-electron chi connectivity index (χ4n) is 8.57. The van der Waals surface area contributed by atoms with Gasteiger partial charge in [0, 0.05) is 44.5 Å². The minimum Gasteiger partial charge on any atom is -0.311 e. The smallest absolute Gasteiger partial charge is 0.0553 e. The molecule has 242 valence electrons. The van der Waals surface area contributed by atoms with Gasteiger partial charge in [0.15, 0.2) is 0 Å². The Morgan fingerprint density at radius 1 is 0.451 bits per heavy atom. The molecule has 2 heteroatoms. The van der Waals surface area contributed by atoms with Gasteiger partial charge >= 0.3 is 0 Å². The van der Waals surface area contributed by atoms with Crippen LogP contribution in [0.1, 0.15) is 25.0 Å². The Balaban J connectivity index is 1.16. The van der Waals surface area contributed by atoms with Crippen molar-refractivity contribution in [2.75, 3.05) is 4.90 Å². The van der Waals surface area contributed by atoms with Gasteiger partial charge in [-0.15, -0.1) is 0 Å². The maximum Gasteiger partial charge on any atom is 0.0553 e. The lowest BCUT2D eigenvalue weighted by Gasteiger charge is -2.35. The van der Waals surface area contributed by atoms with Gasteiger partial charge in [0.25, 0.3) is 0 Å². The molecule has 0 fully saturated rings. The van der Waals surface area contributed by atoms with Gasteiger partial charge in [0.2, 0.25) is 0 Å². The summed E-state index contributed by atoms with van der Waals surface area (Å²) in [4.78, 5) is 2.34. The molecule has 8 aromatic carbocycles. The van der Waals surface area contributed by atoms with Crippen molar-refractivity contribution >= 4 is 49.6 Å². The third kappa shape index (κ3) is 4.50. The van der Waals surface area contributed by atoms with Crippen LogP contribution in [-0.2, 0) is 5.41 Å². The first-order valence-corrected chi connectivity index (χ1v) is 17.8. The monoisotopic (exact) mass is 652 g/mol. The molecular weight excluding hydrogens is 617 g/mol. The lowest BCUT2D eigenvalue weighted by molar-refractivity contribution is 0.645. The fourth-order valence-corrected chi connectivity index (χ4v) is 8.57. The average molecular weight is 653 g/mol. The zero-order valence-corrected chi connectivity index (χ0v) is 28.7. The molecule has 0 atom stereocenters. The van der Waals surface area contributed by atoms with Crippen molar-refractivity contribution in [3.8, 4) is 27.9 Å². The second-order valence-corrected chi connectivity index (χ2v) is 14.2. The summed E-state index contributed by atoms with van der Waals surface area (Å²) in [6.07, 6.45) is 0. The number of para-hydroxylation sites is 2. The van der Waals surface area contributed by atoms with Crippen molar-refractivity contribution in [3.05, 3.63) is 193 Å². The average Bonchev–Trinajstić information content (AvgIpc) is 3.51. The van der Waals surface area contributed by atoms with Crippen LogP contribution in [0.2, 0.25) is 0 Å². The Morgan fingerprint density at radius 2 is 1.04 bits per heavy atom. The Bertz CT molecular complexity index is 2740. The van der Waals surface area contributed by atoms with E-state index in [0.717, 1.165) is 22.7 Å². The summed E-state index contributed by atoms with van der Waals surface area (Å²) in [6, 6.07) is 66.4. The molecule has 0 N–H and O–H groups in total. The molecule has 51 heavy (non-hydrogen) atoms. The van der Waals surface area contributed by atoms with Gasteiger partial charge in [-0.25, -0.2) is 0 Å². The maximum absolute atomic E-state index is 2.46. The topological polar surface area (TPSA) is 8.17 Å². The highest BCUT2D eigenvalue weighted by Gasteiger charge is 2.35. The van der Waals surface area contributed by atoms with Gasteiger partial charge in [-0.3, -0.25) is 0 Å². The molecule has 1 aliphatic rings. The maximum atomic E-state index is 2.46. The number of benzene rings is 8. The molecule has 0 saturated heterocycles. The third-order valence-corrected chi connectivity index (χ3v) is 11.0. The Hall–Kier alpha value is -6.38. The molecule has 1 aliphatic carbocycles. The van der Waals surface area contributed by atoms with E-state index in [9.17, 15) is 0 Å². The van der Waals surface area contributed by atoms with Crippen molar-refractivity contribution in [2.24, 2.45) is 0 Å². The number of fused-ring (bicyclic) bond motifs is 6. The van der Waals surface area contributed by atoms with Crippen molar-refractivity contribution in [3.63, 3.8) is 0 Å². The van der Waals surface area contributed by atoms with Gasteiger partial charge in [-0.1, -0.05) is 135 Å². The van der Waals surface area contributed by atoms with Crippen molar-refractivity contribution in [1.29, 1.82) is 0 Å². The number of hydrogen-bond donors (Lipinski definition) is 0. The summed E-state index contributed by atoms with van der Waals surface area (Å²) in [7, 11) is 0. The molecule has 9 aromatic rings. The molecule has 0 aliphatic heterocycles. The van der Waals surface area contributed by atoms with Crippen LogP contribution in [0.15, 0.2) is 182 Å². The largest absolute Gasteiger partial charge is 0.311 e. The van der Waals surface area contributed by atoms with Gasteiger partial charge in [0.1, 0.15) is 0 Å². The van der Waals surface area contributed by atoms with E-state index < -0.39 is 0 Å². The van der Waals surface area contributed by atoms with E-state index in [0.29, 0.717) is 0 Å². The highest BCUT2D eigenvalue weighted by molar-refractivity contribution is 6.24. The van der Waals surface area contributed by atoms with E-state index in [-0.39, 0.29) is 5.41 Å². The van der Waals surface area contributed by atoms with Crippen LogP contribution in [0.25, 0.3) is 60.5 Å². The molecule has 2 nitrogen and oxygen atoms in total. The second kappa shape index (κ2) is 11.3. The lowest BCUT2D eigenvalue weighted by Crippen LogP contribution is -2.23. The highest BCUT2D eigenvalue weighted by Crippen LogP contribution is 2.53. The fraction of sp³-hybridized carbons (Fsp3) is 0.0612. The molecule has 0 amide bonds. The summed E-state index contributed by atoms with van der Waals surface area (Å²) in [5, 5.41) is 5.26. The van der Waals surface area contributed by atoms with Crippen LogP contribution >= 0.6 is 0 Å². The van der Waals surface area contributed by atoms with Crippen LogP contribution in [0.5, 0.6) is 0 Å². The number of anilines is 3. The van der Waals surface area contributed by atoms with E-state index in [1.54, 1.807) is 0 Å². The molecular formula is C49H36N2. The van der Waals surface area contributed by atoms with Crippen LogP contribution in [0.4, 0.5) is 17.1 Å². The summed E-state index contributed by atoms with van der Waals surface area (Å²) in [6.45, 7) is 4.74. The van der Waals surface area contributed by atoms with Crippen molar-refractivity contribution in [2.45, 2.75) is 19.3 Å². The van der Waals surface area contributed by atoms with Crippen molar-refractivity contribution < 1.29 is 0 Å². The third-order valence-electron chi connectivity index (χ3n) is 11.0. The number of nitrogens with zero attached hydrogens (tertiary/aromatic N) is 2. The molecule has 10 rings (SSSR count). The van der Waals surface area contributed by atoms with Crippen LogP contribution in [0, 0.1) is 0 Å². The summed E-state index contributed by atoms with van der Waals surface area (Å²) in [5.74, 6) is 0. The number of hydrogen-bond acceptors (Lipinski definition) is 1. The zero-order chi connectivity index (χ0) is 34.1. The minimum atomic E-state index is -0.0858. The zero-order valence-electron chi connectivity index (χ0n) is 28.7. The molecule has 1 heterocycles. The van der Waals surface area contributed by atoms with Gasteiger partial charge < -0.3 is 9.47 Å². The summed E-state index contributed by atoms with van der Waals surface area (Å²) >= 11 is 0. The highest BCUT2D eigenvalue weighted by atomic mass is 15.1. The summed E-state index contributed by atoms with van der Waals surface area (Å²) < 4.78 is 2.46. The van der Waals surface area contributed by atoms with Crippen LogP contribution in [0.3, 0.4) is 0 Å². The van der Waals surface area contributed by atoms with Crippen molar-refractivity contribution in [1.82, 2.24) is 4.57 Å². The van der Waals surface area contributed by atoms with Gasteiger partial charge in [-0.2, -0.15) is 0 Å². The van der Waals surface area contributed by atoms with E-state index in [2.05, 4.69) is 205 Å². The Morgan fingerprint density at radius 3 is 1.80 bits per heavy atom. The first-order chi connectivity index (χ1) is 25.1. The normalized spacial score (nSPS) is 13.1. The Kier molecular flexibility index (Phi) is 6.56.